The number of nitrogens with one attached hydrogen (secondary N) is 1. The van der Waals surface area contributed by atoms with Gasteiger partial charge in [-0.2, -0.15) is 5.26 Å². The number of hydrogen-bond acceptors (Lipinski definition) is 4. The van der Waals surface area contributed by atoms with Gasteiger partial charge in [-0.3, -0.25) is 0 Å². The molecule has 21 heavy (non-hydrogen) atoms. The molecule has 0 bridgehead atoms. The van der Waals surface area contributed by atoms with Gasteiger partial charge in [-0.25, -0.2) is 0 Å². The monoisotopic (exact) mass is 286 g/mol. The summed E-state index contributed by atoms with van der Waals surface area (Å²) in [4.78, 5) is 0. The number of anilines is 1. The Kier molecular flexibility index (Phi) is 4.03. The second-order valence-corrected chi connectivity index (χ2v) is 5.93. The quantitative estimate of drug-likeness (QED) is 0.871. The van der Waals surface area contributed by atoms with E-state index in [0.29, 0.717) is 17.6 Å². The summed E-state index contributed by atoms with van der Waals surface area (Å²) in [6.45, 7) is 2.98. The van der Waals surface area contributed by atoms with E-state index in [2.05, 4.69) is 12.2 Å². The molecule has 1 N–H and O–H groups in total. The van der Waals surface area contributed by atoms with Gasteiger partial charge in [-0.1, -0.05) is 6.42 Å². The molecule has 0 saturated heterocycles. The number of rotatable bonds is 6. The standard InChI is InChI=1S/C17H22N2O2/c1-2-20-16-12-15(17(16)8-3-9-17)19-13-4-6-14(7-5-13)21-11-10-18/h4-7,15-16,19H,2-3,8-9,11-12H2,1H3. The average Bonchev–Trinajstić information content (AvgIpc) is 2.43. The van der Waals surface area contributed by atoms with E-state index < -0.39 is 0 Å². The van der Waals surface area contributed by atoms with Gasteiger partial charge in [0, 0.05) is 23.8 Å². The van der Waals surface area contributed by atoms with Crippen LogP contribution in [-0.2, 0) is 4.74 Å². The predicted octanol–water partition coefficient (Wildman–Crippen LogP) is 3.35. The molecule has 2 atom stereocenters. The fourth-order valence-corrected chi connectivity index (χ4v) is 3.60. The van der Waals surface area contributed by atoms with Gasteiger partial charge in [0.05, 0.1) is 6.10 Å². The van der Waals surface area contributed by atoms with Gasteiger partial charge in [-0.05, 0) is 50.5 Å². The van der Waals surface area contributed by atoms with Gasteiger partial charge >= 0.3 is 0 Å². The number of nitrogens with zero attached hydrogens (tertiary/aromatic N) is 1. The summed E-state index contributed by atoms with van der Waals surface area (Å²) in [7, 11) is 0. The molecule has 0 aromatic heterocycles. The van der Waals surface area contributed by atoms with Crippen LogP contribution in [0.15, 0.2) is 24.3 Å². The maximum Gasteiger partial charge on any atom is 0.174 e. The Morgan fingerprint density at radius 2 is 2.10 bits per heavy atom. The van der Waals surface area contributed by atoms with Gasteiger partial charge in [0.1, 0.15) is 11.8 Å². The molecular formula is C17H22N2O2. The summed E-state index contributed by atoms with van der Waals surface area (Å²) in [6, 6.07) is 10.4. The maximum absolute atomic E-state index is 8.50. The lowest BCUT2D eigenvalue weighted by Crippen LogP contribution is -2.64. The van der Waals surface area contributed by atoms with E-state index in [-0.39, 0.29) is 6.61 Å². The minimum atomic E-state index is 0.0918. The highest BCUT2D eigenvalue weighted by Gasteiger charge is 2.58. The lowest BCUT2D eigenvalue weighted by Gasteiger charge is -2.61. The van der Waals surface area contributed by atoms with Gasteiger partial charge < -0.3 is 14.8 Å². The molecule has 0 radical (unpaired) electrons. The van der Waals surface area contributed by atoms with E-state index in [9.17, 15) is 0 Å². The third-order valence-electron chi connectivity index (χ3n) is 4.94. The van der Waals surface area contributed by atoms with Gasteiger partial charge in [0.2, 0.25) is 0 Å². The third kappa shape index (κ3) is 2.58. The zero-order valence-electron chi connectivity index (χ0n) is 12.5. The molecule has 2 aliphatic rings. The van der Waals surface area contributed by atoms with Crippen LogP contribution in [0.25, 0.3) is 0 Å². The first kappa shape index (κ1) is 14.2. The van der Waals surface area contributed by atoms with Crippen molar-refractivity contribution in [3.8, 4) is 11.8 Å². The summed E-state index contributed by atoms with van der Waals surface area (Å²) < 4.78 is 11.1. The predicted molar refractivity (Wildman–Crippen MR) is 81.3 cm³/mol. The molecule has 1 spiro atoms. The highest BCUT2D eigenvalue weighted by molar-refractivity contribution is 5.48. The van der Waals surface area contributed by atoms with Crippen LogP contribution in [0.1, 0.15) is 32.6 Å². The van der Waals surface area contributed by atoms with E-state index in [1.54, 1.807) is 0 Å². The molecule has 3 rings (SSSR count). The maximum atomic E-state index is 8.50. The molecule has 2 fully saturated rings. The molecule has 2 unspecified atom stereocenters. The molecule has 2 aliphatic carbocycles. The lowest BCUT2D eigenvalue weighted by molar-refractivity contribution is -0.157. The first-order chi connectivity index (χ1) is 10.3. The van der Waals surface area contributed by atoms with Gasteiger partial charge in [0.25, 0.3) is 0 Å². The summed E-state index contributed by atoms with van der Waals surface area (Å²) in [5.41, 5.74) is 1.48. The Morgan fingerprint density at radius 3 is 2.67 bits per heavy atom. The van der Waals surface area contributed by atoms with Crippen molar-refractivity contribution < 1.29 is 9.47 Å². The molecule has 0 aliphatic heterocycles. The SMILES string of the molecule is CCOC1CC(Nc2ccc(OCC#N)cc2)C12CCC2. The van der Waals surface area contributed by atoms with Crippen molar-refractivity contribution in [2.75, 3.05) is 18.5 Å². The number of benzene rings is 1. The highest BCUT2D eigenvalue weighted by atomic mass is 16.5. The van der Waals surface area contributed by atoms with Crippen molar-refractivity contribution in [1.82, 2.24) is 0 Å². The van der Waals surface area contributed by atoms with E-state index in [1.807, 2.05) is 30.3 Å². The van der Waals surface area contributed by atoms with Crippen LogP contribution in [0.5, 0.6) is 5.75 Å². The van der Waals surface area contributed by atoms with E-state index in [0.717, 1.165) is 24.5 Å². The second-order valence-electron chi connectivity index (χ2n) is 5.93. The van der Waals surface area contributed by atoms with Crippen molar-refractivity contribution >= 4 is 5.69 Å². The van der Waals surface area contributed by atoms with Crippen LogP contribution in [0.4, 0.5) is 5.69 Å². The molecule has 4 heteroatoms. The van der Waals surface area contributed by atoms with Gasteiger partial charge in [-0.15, -0.1) is 0 Å². The molecule has 112 valence electrons. The van der Waals surface area contributed by atoms with Crippen molar-refractivity contribution in [2.24, 2.45) is 5.41 Å². The largest absolute Gasteiger partial charge is 0.479 e. The lowest BCUT2D eigenvalue weighted by atomic mass is 9.51. The zero-order chi connectivity index (χ0) is 14.7. The van der Waals surface area contributed by atoms with Crippen LogP contribution in [0, 0.1) is 16.7 Å². The Hall–Kier alpha value is -1.73. The number of hydrogen-bond donors (Lipinski definition) is 1. The van der Waals surface area contributed by atoms with Crippen molar-refractivity contribution in [2.45, 2.75) is 44.8 Å². The fourth-order valence-electron chi connectivity index (χ4n) is 3.60. The molecular weight excluding hydrogens is 264 g/mol. The Bertz CT molecular complexity index is 517. The van der Waals surface area contributed by atoms with Crippen LogP contribution >= 0.6 is 0 Å². The minimum absolute atomic E-state index is 0.0918. The number of nitriles is 1. The van der Waals surface area contributed by atoms with Crippen LogP contribution < -0.4 is 10.1 Å². The number of ether oxygens (including phenoxy) is 2. The molecule has 1 aromatic carbocycles. The normalized spacial score (nSPS) is 25.5. The molecule has 2 saturated carbocycles. The molecule has 4 nitrogen and oxygen atoms in total. The van der Waals surface area contributed by atoms with Crippen LogP contribution in [0.2, 0.25) is 0 Å². The van der Waals surface area contributed by atoms with Crippen molar-refractivity contribution in [3.05, 3.63) is 24.3 Å². The summed E-state index contributed by atoms with van der Waals surface area (Å²) in [5, 5.41) is 12.1. The smallest absolute Gasteiger partial charge is 0.174 e. The van der Waals surface area contributed by atoms with Crippen LogP contribution in [-0.4, -0.2) is 25.4 Å². The Balaban J connectivity index is 1.58. The first-order valence-corrected chi connectivity index (χ1v) is 7.76. The van der Waals surface area contributed by atoms with E-state index >= 15 is 0 Å². The fraction of sp³-hybridized carbons (Fsp3) is 0.588. The average molecular weight is 286 g/mol. The molecule has 0 amide bonds. The summed E-state index contributed by atoms with van der Waals surface area (Å²) >= 11 is 0. The van der Waals surface area contributed by atoms with Crippen molar-refractivity contribution in [1.29, 1.82) is 5.26 Å². The first-order valence-electron chi connectivity index (χ1n) is 7.76. The van der Waals surface area contributed by atoms with E-state index in [4.69, 9.17) is 14.7 Å². The van der Waals surface area contributed by atoms with Crippen LogP contribution in [0.3, 0.4) is 0 Å². The molecule has 0 heterocycles. The summed E-state index contributed by atoms with van der Waals surface area (Å²) in [5.74, 6) is 0.737. The minimum Gasteiger partial charge on any atom is -0.479 e. The Morgan fingerprint density at radius 1 is 1.33 bits per heavy atom. The zero-order valence-corrected chi connectivity index (χ0v) is 12.5. The highest BCUT2D eigenvalue weighted by Crippen LogP contribution is 2.58. The molecule has 1 aromatic rings. The van der Waals surface area contributed by atoms with Gasteiger partial charge in [0.15, 0.2) is 6.61 Å². The van der Waals surface area contributed by atoms with E-state index in [1.165, 1.54) is 19.3 Å². The summed E-state index contributed by atoms with van der Waals surface area (Å²) in [6.07, 6.45) is 5.41. The third-order valence-corrected chi connectivity index (χ3v) is 4.94. The Labute approximate surface area is 126 Å². The second kappa shape index (κ2) is 5.95. The van der Waals surface area contributed by atoms with Crippen molar-refractivity contribution in [3.63, 3.8) is 0 Å². The topological polar surface area (TPSA) is 54.3 Å².